The highest BCUT2D eigenvalue weighted by atomic mass is 35.5. The van der Waals surface area contributed by atoms with Crippen LogP contribution in [0.4, 0.5) is 0 Å². The highest BCUT2D eigenvalue weighted by molar-refractivity contribution is 6.37. The van der Waals surface area contributed by atoms with Crippen molar-refractivity contribution in [3.05, 3.63) is 39.9 Å². The number of carbonyl (C=O) groups excluding carboxylic acids is 1. The molecule has 1 aromatic heterocycles. The smallest absolute Gasteiger partial charge is 0.293 e. The third kappa shape index (κ3) is 4.24. The lowest BCUT2D eigenvalue weighted by Crippen LogP contribution is -2.35. The predicted molar refractivity (Wildman–Crippen MR) is 110 cm³/mol. The minimum atomic E-state index is -0.183. The van der Waals surface area contributed by atoms with E-state index in [1.165, 1.54) is 0 Å². The van der Waals surface area contributed by atoms with Crippen LogP contribution in [-0.2, 0) is 0 Å². The first-order valence-electron chi connectivity index (χ1n) is 8.75. The number of amides is 1. The number of likely N-dealkylation sites (tertiary alicyclic amines) is 1. The molecule has 1 aromatic carbocycles. The average Bonchev–Trinajstić information content (AvgIpc) is 3.18. The molecule has 1 aliphatic heterocycles. The molecular weight excluding hydrogens is 409 g/mol. The van der Waals surface area contributed by atoms with Crippen LogP contribution >= 0.6 is 35.6 Å². The Balaban J connectivity index is 0.00000261. The Morgan fingerprint density at radius 3 is 2.48 bits per heavy atom. The van der Waals surface area contributed by atoms with Gasteiger partial charge in [0.25, 0.3) is 5.91 Å². The Hall–Kier alpha value is -1.34. The molecule has 9 heteroatoms. The van der Waals surface area contributed by atoms with Crippen molar-refractivity contribution in [2.24, 2.45) is 11.7 Å². The Morgan fingerprint density at radius 2 is 1.96 bits per heavy atom. The van der Waals surface area contributed by atoms with Gasteiger partial charge in [-0.3, -0.25) is 4.79 Å². The van der Waals surface area contributed by atoms with Crippen molar-refractivity contribution in [1.29, 1.82) is 0 Å². The van der Waals surface area contributed by atoms with Crippen molar-refractivity contribution in [3.8, 4) is 5.69 Å². The van der Waals surface area contributed by atoms with Crippen molar-refractivity contribution in [3.63, 3.8) is 0 Å². The van der Waals surface area contributed by atoms with Gasteiger partial charge in [-0.1, -0.05) is 43.1 Å². The zero-order chi connectivity index (χ0) is 19.0. The molecule has 1 saturated heterocycles. The summed E-state index contributed by atoms with van der Waals surface area (Å²) in [6.45, 7) is 7.21. The molecule has 2 unspecified atom stereocenters. The van der Waals surface area contributed by atoms with Crippen LogP contribution < -0.4 is 5.73 Å². The molecule has 6 nitrogen and oxygen atoms in total. The normalized spacial score (nSPS) is 19.4. The van der Waals surface area contributed by atoms with Gasteiger partial charge >= 0.3 is 0 Å². The van der Waals surface area contributed by atoms with Gasteiger partial charge in [0.15, 0.2) is 0 Å². The van der Waals surface area contributed by atoms with Crippen molar-refractivity contribution in [2.75, 3.05) is 13.1 Å². The fraction of sp³-hybridized carbons (Fsp3) is 0.500. The van der Waals surface area contributed by atoms with Crippen molar-refractivity contribution >= 4 is 41.5 Å². The summed E-state index contributed by atoms with van der Waals surface area (Å²) in [6, 6.07) is 5.37. The number of rotatable bonds is 4. The summed E-state index contributed by atoms with van der Waals surface area (Å²) in [5.74, 6) is 0.986. The van der Waals surface area contributed by atoms with Gasteiger partial charge in [0.2, 0.25) is 5.82 Å². The van der Waals surface area contributed by atoms with Crippen LogP contribution in [0, 0.1) is 5.92 Å². The van der Waals surface area contributed by atoms with E-state index in [1.807, 2.05) is 20.8 Å². The molecule has 2 atom stereocenters. The van der Waals surface area contributed by atoms with Crippen LogP contribution in [-0.4, -0.2) is 44.7 Å². The van der Waals surface area contributed by atoms with E-state index in [4.69, 9.17) is 28.9 Å². The maximum atomic E-state index is 13.0. The number of benzene rings is 1. The molecule has 0 aliphatic carbocycles. The van der Waals surface area contributed by atoms with E-state index in [0.29, 0.717) is 40.6 Å². The molecule has 27 heavy (non-hydrogen) atoms. The van der Waals surface area contributed by atoms with E-state index in [1.54, 1.807) is 27.8 Å². The van der Waals surface area contributed by atoms with Gasteiger partial charge in [0.05, 0.1) is 10.0 Å². The fourth-order valence-corrected chi connectivity index (χ4v) is 3.93. The van der Waals surface area contributed by atoms with Gasteiger partial charge in [-0.25, -0.2) is 9.67 Å². The molecule has 1 fully saturated rings. The van der Waals surface area contributed by atoms with Gasteiger partial charge in [-0.15, -0.1) is 17.5 Å². The largest absolute Gasteiger partial charge is 0.333 e. The predicted octanol–water partition coefficient (Wildman–Crippen LogP) is 3.93. The highest BCUT2D eigenvalue weighted by Gasteiger charge is 2.34. The minimum absolute atomic E-state index is 0. The van der Waals surface area contributed by atoms with Gasteiger partial charge in [-0.2, -0.15) is 0 Å². The fourth-order valence-electron chi connectivity index (χ4n) is 3.37. The summed E-state index contributed by atoms with van der Waals surface area (Å²) >= 11 is 12.7. The van der Waals surface area contributed by atoms with E-state index in [-0.39, 0.29) is 36.1 Å². The van der Waals surface area contributed by atoms with E-state index < -0.39 is 0 Å². The summed E-state index contributed by atoms with van der Waals surface area (Å²) in [5.41, 5.74) is 6.31. The first kappa shape index (κ1) is 22.0. The molecule has 0 saturated carbocycles. The second kappa shape index (κ2) is 8.78. The first-order chi connectivity index (χ1) is 12.3. The maximum absolute atomic E-state index is 13.0. The Labute approximate surface area is 175 Å². The molecule has 0 radical (unpaired) electrons. The highest BCUT2D eigenvalue weighted by Crippen LogP contribution is 2.31. The molecule has 1 aliphatic rings. The van der Waals surface area contributed by atoms with Gasteiger partial charge < -0.3 is 10.6 Å². The molecule has 2 aromatic rings. The lowest BCUT2D eigenvalue weighted by Gasteiger charge is -2.19. The standard InChI is InChI=1S/C18H23Cl2N5O.ClH/c1-10(2)17-22-16(18(26)24-9-12(8-21)7-11(24)3)23-25(17)15-13(19)5-4-6-14(15)20;/h4-6,10-12H,7-9,21H2,1-3H3;1H. The van der Waals surface area contributed by atoms with Crippen LogP contribution in [0.2, 0.25) is 10.0 Å². The van der Waals surface area contributed by atoms with E-state index in [9.17, 15) is 4.79 Å². The van der Waals surface area contributed by atoms with E-state index in [2.05, 4.69) is 10.1 Å². The van der Waals surface area contributed by atoms with Crippen molar-refractivity contribution < 1.29 is 4.79 Å². The Morgan fingerprint density at radius 1 is 1.33 bits per heavy atom. The molecular formula is C18H24Cl3N5O. The summed E-state index contributed by atoms with van der Waals surface area (Å²) in [7, 11) is 0. The SMILES string of the molecule is CC(C)c1nc(C(=O)N2CC(CN)CC2C)nn1-c1c(Cl)cccc1Cl.Cl. The van der Waals surface area contributed by atoms with Crippen LogP contribution in [0.5, 0.6) is 0 Å². The number of aromatic nitrogens is 3. The van der Waals surface area contributed by atoms with Crippen LogP contribution in [0.3, 0.4) is 0 Å². The first-order valence-corrected chi connectivity index (χ1v) is 9.51. The molecule has 1 amide bonds. The zero-order valence-corrected chi connectivity index (χ0v) is 17.9. The van der Waals surface area contributed by atoms with E-state index in [0.717, 1.165) is 6.42 Å². The quantitative estimate of drug-likeness (QED) is 0.794. The number of nitrogens with two attached hydrogens (primary N) is 1. The molecule has 0 spiro atoms. The zero-order valence-electron chi connectivity index (χ0n) is 15.5. The summed E-state index contributed by atoms with van der Waals surface area (Å²) in [6.07, 6.45) is 0.899. The van der Waals surface area contributed by atoms with Gasteiger partial charge in [-0.05, 0) is 37.9 Å². The average molecular weight is 433 g/mol. The number of hydrogen-bond acceptors (Lipinski definition) is 4. The minimum Gasteiger partial charge on any atom is -0.333 e. The van der Waals surface area contributed by atoms with Crippen molar-refractivity contribution in [2.45, 2.75) is 39.2 Å². The van der Waals surface area contributed by atoms with Crippen molar-refractivity contribution in [1.82, 2.24) is 19.7 Å². The topological polar surface area (TPSA) is 77.0 Å². The lowest BCUT2D eigenvalue weighted by atomic mass is 10.1. The molecule has 3 rings (SSSR count). The molecule has 2 heterocycles. The number of nitrogens with zero attached hydrogens (tertiary/aromatic N) is 4. The van der Waals surface area contributed by atoms with Gasteiger partial charge in [0.1, 0.15) is 11.5 Å². The number of halogens is 3. The summed E-state index contributed by atoms with van der Waals surface area (Å²) in [5, 5.41) is 5.39. The van der Waals surface area contributed by atoms with Crippen LogP contribution in [0.15, 0.2) is 18.2 Å². The third-order valence-electron chi connectivity index (χ3n) is 4.74. The van der Waals surface area contributed by atoms with Crippen LogP contribution in [0.25, 0.3) is 5.69 Å². The monoisotopic (exact) mass is 431 g/mol. The third-order valence-corrected chi connectivity index (χ3v) is 5.35. The maximum Gasteiger partial charge on any atom is 0.293 e. The summed E-state index contributed by atoms with van der Waals surface area (Å²) < 4.78 is 1.59. The molecule has 0 bridgehead atoms. The second-order valence-electron chi connectivity index (χ2n) is 7.07. The molecule has 148 valence electrons. The number of para-hydroxylation sites is 1. The van der Waals surface area contributed by atoms with Gasteiger partial charge in [0, 0.05) is 18.5 Å². The number of carbonyl (C=O) groups is 1. The van der Waals surface area contributed by atoms with E-state index >= 15 is 0 Å². The Kier molecular flexibility index (Phi) is 7.14. The Bertz CT molecular complexity index is 803. The summed E-state index contributed by atoms with van der Waals surface area (Å²) in [4.78, 5) is 19.3. The number of hydrogen-bond donors (Lipinski definition) is 1. The molecule has 2 N–H and O–H groups in total. The lowest BCUT2D eigenvalue weighted by molar-refractivity contribution is 0.0731. The van der Waals surface area contributed by atoms with Crippen LogP contribution in [0.1, 0.15) is 49.6 Å². The second-order valence-corrected chi connectivity index (χ2v) is 7.89.